The quantitative estimate of drug-likeness (QED) is 0.462. The van der Waals surface area contributed by atoms with E-state index in [0.717, 1.165) is 11.2 Å². The molecule has 1 rings (SSSR count). The lowest BCUT2D eigenvalue weighted by Gasteiger charge is -1.88. The van der Waals surface area contributed by atoms with Crippen LogP contribution in [0.1, 0.15) is 5.69 Å². The Morgan fingerprint density at radius 3 is 3.00 bits per heavy atom. The monoisotopic (exact) mass is 162 g/mol. The van der Waals surface area contributed by atoms with Gasteiger partial charge in [0.1, 0.15) is 0 Å². The van der Waals surface area contributed by atoms with Crippen LogP contribution in [0.5, 0.6) is 0 Å². The maximum atomic E-state index is 8.47. The van der Waals surface area contributed by atoms with Crippen molar-refractivity contribution in [1.82, 2.24) is 10.2 Å². The van der Waals surface area contributed by atoms with Gasteiger partial charge in [0.05, 0.1) is 12.3 Å². The van der Waals surface area contributed by atoms with E-state index >= 15 is 0 Å². The van der Waals surface area contributed by atoms with Crippen LogP contribution in [0.25, 0.3) is 0 Å². The molecule has 0 saturated heterocycles. The lowest BCUT2D eigenvalue weighted by molar-refractivity contribution is -0.828. The second-order valence-electron chi connectivity index (χ2n) is 1.88. The lowest BCUT2D eigenvalue weighted by atomic mass is 10.4. The molecule has 11 heavy (non-hydrogen) atoms. The van der Waals surface area contributed by atoms with Crippen LogP contribution >= 0.6 is 0 Å². The van der Waals surface area contributed by atoms with Crippen LogP contribution in [0.15, 0.2) is 6.07 Å². The number of rotatable bonds is 3. The van der Waals surface area contributed by atoms with Crippen molar-refractivity contribution in [2.75, 3.05) is 7.11 Å². The minimum Gasteiger partial charge on any atom is -0.412 e. The van der Waals surface area contributed by atoms with Crippen LogP contribution in [0.3, 0.4) is 0 Å². The zero-order valence-corrected chi connectivity index (χ0v) is 6.16. The molecule has 0 aromatic carbocycles. The smallest absolute Gasteiger partial charge is 0.275 e. The van der Waals surface area contributed by atoms with Gasteiger partial charge in [0.25, 0.3) is 5.82 Å². The van der Waals surface area contributed by atoms with E-state index in [1.54, 1.807) is 13.2 Å². The molecule has 6 heteroatoms. The van der Waals surface area contributed by atoms with Crippen LogP contribution in [0.2, 0.25) is 0 Å². The average Bonchev–Trinajstić information content (AvgIpc) is 2.37. The molecule has 64 valence electrons. The zero-order valence-electron chi connectivity index (χ0n) is 6.16. The number of ether oxygens (including phenoxy) is 1. The van der Waals surface area contributed by atoms with Crippen molar-refractivity contribution < 1.29 is 20.9 Å². The van der Waals surface area contributed by atoms with Gasteiger partial charge in [0.2, 0.25) is 0 Å². The summed E-state index contributed by atoms with van der Waals surface area (Å²) < 4.78 is 4.82. The first-order valence-electron chi connectivity index (χ1n) is 2.87. The molecule has 1 heterocycles. The number of hydrogen-bond donors (Lipinski definition) is 3. The van der Waals surface area contributed by atoms with Gasteiger partial charge in [-0.25, -0.2) is 5.21 Å². The van der Waals surface area contributed by atoms with Gasteiger partial charge in [0, 0.05) is 13.2 Å². The number of quaternary nitrogens is 1. The van der Waals surface area contributed by atoms with Crippen molar-refractivity contribution in [2.45, 2.75) is 6.61 Å². The van der Waals surface area contributed by atoms with E-state index in [-0.39, 0.29) is 5.48 Å². The number of H-pyrrole nitrogens is 1. The molecular formula is C5H12N3O3+. The Kier molecular flexibility index (Phi) is 4.39. The van der Waals surface area contributed by atoms with E-state index in [1.807, 2.05) is 0 Å². The summed E-state index contributed by atoms with van der Waals surface area (Å²) in [6.45, 7) is 0.487. The molecule has 0 atom stereocenters. The predicted octanol–water partition coefficient (Wildman–Crippen LogP) is -1.68. The summed E-state index contributed by atoms with van der Waals surface area (Å²) in [6.07, 6.45) is 0. The molecule has 1 aromatic heterocycles. The van der Waals surface area contributed by atoms with Crippen molar-refractivity contribution >= 4 is 5.82 Å². The molecule has 0 radical (unpaired) electrons. The van der Waals surface area contributed by atoms with Crippen molar-refractivity contribution in [3.63, 3.8) is 0 Å². The Balaban J connectivity index is 0.000001000. The van der Waals surface area contributed by atoms with Crippen LogP contribution in [0.4, 0.5) is 5.82 Å². The molecule has 0 spiro atoms. The van der Waals surface area contributed by atoms with Crippen molar-refractivity contribution in [1.29, 1.82) is 0 Å². The van der Waals surface area contributed by atoms with Crippen molar-refractivity contribution in [3.8, 4) is 0 Å². The van der Waals surface area contributed by atoms with E-state index in [9.17, 15) is 0 Å². The summed E-state index contributed by atoms with van der Waals surface area (Å²) >= 11 is 0. The van der Waals surface area contributed by atoms with E-state index in [0.29, 0.717) is 12.4 Å². The molecule has 1 aromatic rings. The summed E-state index contributed by atoms with van der Waals surface area (Å²) in [6, 6.07) is 1.71. The highest BCUT2D eigenvalue weighted by Crippen LogP contribution is 1.99. The first kappa shape index (κ1) is 10.0. The standard InChI is InChI=1S/C5H9N3O2.H2O/c1-10-3-4-2-5(8-9)7-6-4;/h2,9H,3H2,1H3,(H2,6,7,8);1H2/p+1. The predicted molar refractivity (Wildman–Crippen MR) is 36.3 cm³/mol. The van der Waals surface area contributed by atoms with Gasteiger partial charge in [0.15, 0.2) is 0 Å². The Morgan fingerprint density at radius 1 is 1.82 bits per heavy atom. The minimum absolute atomic E-state index is 0. The maximum absolute atomic E-state index is 8.47. The number of nitrogens with one attached hydrogen (secondary N) is 1. The summed E-state index contributed by atoms with van der Waals surface area (Å²) in [5.41, 5.74) is 1.79. The average molecular weight is 162 g/mol. The third kappa shape index (κ3) is 2.64. The largest absolute Gasteiger partial charge is 0.412 e. The number of nitrogens with zero attached hydrogens (tertiary/aromatic N) is 1. The third-order valence-electron chi connectivity index (χ3n) is 1.08. The molecule has 0 bridgehead atoms. The fraction of sp³-hybridized carbons (Fsp3) is 0.400. The SMILES string of the molecule is COCc1cc([NH2+]O)n[nH]1.O. The van der Waals surface area contributed by atoms with Gasteiger partial charge in [-0.15, -0.1) is 5.10 Å². The molecular weight excluding hydrogens is 150 g/mol. The van der Waals surface area contributed by atoms with Gasteiger partial charge < -0.3 is 10.2 Å². The zero-order chi connectivity index (χ0) is 7.40. The number of aromatic nitrogens is 2. The van der Waals surface area contributed by atoms with Crippen LogP contribution in [0, 0.1) is 0 Å². The van der Waals surface area contributed by atoms with E-state index in [4.69, 9.17) is 9.94 Å². The molecule has 0 aliphatic carbocycles. The van der Waals surface area contributed by atoms with Crippen molar-refractivity contribution in [2.24, 2.45) is 0 Å². The highest BCUT2D eigenvalue weighted by Gasteiger charge is 2.00. The second-order valence-corrected chi connectivity index (χ2v) is 1.88. The van der Waals surface area contributed by atoms with E-state index in [1.165, 1.54) is 0 Å². The van der Waals surface area contributed by atoms with Gasteiger partial charge in [-0.3, -0.25) is 5.10 Å². The highest BCUT2D eigenvalue weighted by atomic mass is 16.5. The normalized spacial score (nSPS) is 9.27. The molecule has 0 unspecified atom stereocenters. The number of methoxy groups -OCH3 is 1. The Bertz CT molecular complexity index is 201. The van der Waals surface area contributed by atoms with Gasteiger partial charge >= 0.3 is 0 Å². The fourth-order valence-corrected chi connectivity index (χ4v) is 0.675. The first-order chi connectivity index (χ1) is 4.86. The number of hydrogen-bond acceptors (Lipinski definition) is 3. The first-order valence-corrected chi connectivity index (χ1v) is 2.87. The molecule has 0 saturated carbocycles. The van der Waals surface area contributed by atoms with Gasteiger partial charge in [-0.05, 0) is 0 Å². The van der Waals surface area contributed by atoms with Crippen LogP contribution in [-0.2, 0) is 11.3 Å². The second kappa shape index (κ2) is 4.80. The third-order valence-corrected chi connectivity index (χ3v) is 1.08. The Labute approximate surface area is 63.5 Å². The number of aromatic amines is 1. The highest BCUT2D eigenvalue weighted by molar-refractivity contribution is 5.17. The van der Waals surface area contributed by atoms with E-state index in [2.05, 4.69) is 10.2 Å². The van der Waals surface area contributed by atoms with Crippen molar-refractivity contribution in [3.05, 3.63) is 11.8 Å². The van der Waals surface area contributed by atoms with Crippen LogP contribution in [-0.4, -0.2) is 28.0 Å². The molecule has 6 nitrogen and oxygen atoms in total. The molecule has 0 aliphatic heterocycles. The summed E-state index contributed by atoms with van der Waals surface area (Å²) in [5, 5.41) is 14.9. The number of nitrogens with two attached hydrogens (primary N) is 1. The van der Waals surface area contributed by atoms with Crippen LogP contribution < -0.4 is 5.48 Å². The summed E-state index contributed by atoms with van der Waals surface area (Å²) in [5.74, 6) is 0.520. The Hall–Kier alpha value is -0.950. The summed E-state index contributed by atoms with van der Waals surface area (Å²) in [4.78, 5) is 0. The van der Waals surface area contributed by atoms with Gasteiger partial charge in [-0.1, -0.05) is 0 Å². The fourth-order valence-electron chi connectivity index (χ4n) is 0.675. The molecule has 0 fully saturated rings. The maximum Gasteiger partial charge on any atom is 0.275 e. The molecule has 6 N–H and O–H groups in total. The minimum atomic E-state index is 0. The topological polar surface area (TPSA) is 106 Å². The lowest BCUT2D eigenvalue weighted by Crippen LogP contribution is -2.74. The molecule has 0 aliphatic rings. The Morgan fingerprint density at radius 2 is 2.55 bits per heavy atom. The van der Waals surface area contributed by atoms with Gasteiger partial charge in [-0.2, -0.15) is 5.48 Å². The molecule has 0 amide bonds. The van der Waals surface area contributed by atoms with E-state index < -0.39 is 0 Å². The summed E-state index contributed by atoms with van der Waals surface area (Å²) in [7, 11) is 1.60.